The number of benzene rings is 2. The van der Waals surface area contributed by atoms with Crippen LogP contribution >= 0.6 is 0 Å². The van der Waals surface area contributed by atoms with Crippen LogP contribution in [0, 0.1) is 0 Å². The van der Waals surface area contributed by atoms with Gasteiger partial charge in [-0.15, -0.1) is 0 Å². The predicted molar refractivity (Wildman–Crippen MR) is 93.4 cm³/mol. The molecule has 0 fully saturated rings. The minimum Gasteiger partial charge on any atom is -0.493 e. The Balaban J connectivity index is 1.87. The van der Waals surface area contributed by atoms with Crippen molar-refractivity contribution in [2.75, 3.05) is 13.2 Å². The van der Waals surface area contributed by atoms with Crippen LogP contribution in [0.4, 0.5) is 0 Å². The number of hydrogen-bond acceptors (Lipinski definition) is 2. The van der Waals surface area contributed by atoms with E-state index in [2.05, 4.69) is 67.7 Å². The zero-order valence-electron chi connectivity index (χ0n) is 13.7. The van der Waals surface area contributed by atoms with Crippen molar-refractivity contribution in [2.45, 2.75) is 39.2 Å². The van der Waals surface area contributed by atoms with Crippen molar-refractivity contribution in [3.8, 4) is 5.75 Å². The zero-order chi connectivity index (χ0) is 15.6. The Morgan fingerprint density at radius 3 is 2.50 bits per heavy atom. The molecule has 0 spiro atoms. The van der Waals surface area contributed by atoms with E-state index in [1.165, 1.54) is 11.1 Å². The zero-order valence-corrected chi connectivity index (χ0v) is 13.7. The smallest absolute Gasteiger partial charge is 0.124 e. The Bertz CT molecular complexity index is 538. The van der Waals surface area contributed by atoms with Crippen LogP contribution in [0.2, 0.25) is 0 Å². The van der Waals surface area contributed by atoms with Crippen LogP contribution in [0.5, 0.6) is 5.75 Å². The first-order chi connectivity index (χ1) is 10.8. The van der Waals surface area contributed by atoms with Gasteiger partial charge in [-0.3, -0.25) is 0 Å². The number of nitrogens with one attached hydrogen (secondary N) is 1. The average Bonchev–Trinajstić information content (AvgIpc) is 2.56. The highest BCUT2D eigenvalue weighted by atomic mass is 16.5. The molecule has 0 radical (unpaired) electrons. The summed E-state index contributed by atoms with van der Waals surface area (Å²) in [6.07, 6.45) is 3.31. The Morgan fingerprint density at radius 2 is 1.73 bits per heavy atom. The lowest BCUT2D eigenvalue weighted by atomic mass is 10.1. The summed E-state index contributed by atoms with van der Waals surface area (Å²) >= 11 is 0. The van der Waals surface area contributed by atoms with Crippen molar-refractivity contribution in [1.82, 2.24) is 5.32 Å². The van der Waals surface area contributed by atoms with Crippen molar-refractivity contribution >= 4 is 0 Å². The lowest BCUT2D eigenvalue weighted by molar-refractivity contribution is 0.303. The summed E-state index contributed by atoms with van der Waals surface area (Å²) in [6, 6.07) is 19.2. The Labute approximate surface area is 134 Å². The Hall–Kier alpha value is -1.80. The first kappa shape index (κ1) is 16.6. The quantitative estimate of drug-likeness (QED) is 0.674. The number of rotatable bonds is 9. The summed E-state index contributed by atoms with van der Waals surface area (Å²) in [5, 5.41) is 3.60. The number of unbranched alkanes of at least 4 members (excludes halogenated alkanes) is 1. The normalized spacial score (nSPS) is 12.1. The molecule has 0 aliphatic carbocycles. The van der Waals surface area contributed by atoms with Crippen molar-refractivity contribution in [3.05, 3.63) is 65.7 Å². The SMILES string of the molecule is CCCCOc1ccccc1C(C)NCCc1ccccc1. The van der Waals surface area contributed by atoms with Crippen molar-refractivity contribution in [2.24, 2.45) is 0 Å². The third-order valence-corrected chi connectivity index (χ3v) is 3.85. The summed E-state index contributed by atoms with van der Waals surface area (Å²) in [4.78, 5) is 0. The monoisotopic (exact) mass is 297 g/mol. The maximum absolute atomic E-state index is 5.92. The summed E-state index contributed by atoms with van der Waals surface area (Å²) in [6.45, 7) is 6.15. The Morgan fingerprint density at radius 1 is 1.00 bits per heavy atom. The van der Waals surface area contributed by atoms with Gasteiger partial charge in [0.05, 0.1) is 6.61 Å². The molecule has 0 aromatic heterocycles. The van der Waals surface area contributed by atoms with Gasteiger partial charge in [-0.25, -0.2) is 0 Å². The van der Waals surface area contributed by atoms with E-state index in [-0.39, 0.29) is 0 Å². The van der Waals surface area contributed by atoms with Gasteiger partial charge in [0.25, 0.3) is 0 Å². The van der Waals surface area contributed by atoms with Gasteiger partial charge in [0.2, 0.25) is 0 Å². The van der Waals surface area contributed by atoms with Gasteiger partial charge >= 0.3 is 0 Å². The summed E-state index contributed by atoms with van der Waals surface area (Å²) in [5.74, 6) is 1.01. The van der Waals surface area contributed by atoms with Crippen molar-refractivity contribution in [3.63, 3.8) is 0 Å². The van der Waals surface area contributed by atoms with E-state index < -0.39 is 0 Å². The topological polar surface area (TPSA) is 21.3 Å². The number of hydrogen-bond donors (Lipinski definition) is 1. The molecule has 0 saturated carbocycles. The average molecular weight is 297 g/mol. The van der Waals surface area contributed by atoms with E-state index in [1.807, 2.05) is 6.07 Å². The van der Waals surface area contributed by atoms with E-state index >= 15 is 0 Å². The molecule has 0 aliphatic rings. The number of para-hydroxylation sites is 1. The van der Waals surface area contributed by atoms with Gasteiger partial charge in [-0.05, 0) is 37.9 Å². The third-order valence-electron chi connectivity index (χ3n) is 3.85. The molecule has 1 N–H and O–H groups in total. The van der Waals surface area contributed by atoms with Crippen LogP contribution < -0.4 is 10.1 Å². The van der Waals surface area contributed by atoms with Crippen LogP contribution in [0.15, 0.2) is 54.6 Å². The van der Waals surface area contributed by atoms with Crippen LogP contribution in [-0.4, -0.2) is 13.2 Å². The molecule has 2 rings (SSSR count). The summed E-state index contributed by atoms with van der Waals surface area (Å²) in [7, 11) is 0. The second-order valence-electron chi connectivity index (χ2n) is 5.65. The van der Waals surface area contributed by atoms with Gasteiger partial charge < -0.3 is 10.1 Å². The number of ether oxygens (including phenoxy) is 1. The van der Waals surface area contributed by atoms with Crippen LogP contribution in [-0.2, 0) is 6.42 Å². The highest BCUT2D eigenvalue weighted by Crippen LogP contribution is 2.25. The minimum atomic E-state index is 0.293. The van der Waals surface area contributed by atoms with E-state index in [1.54, 1.807) is 0 Å². The van der Waals surface area contributed by atoms with Crippen LogP contribution in [0.25, 0.3) is 0 Å². The molecule has 2 heteroatoms. The first-order valence-electron chi connectivity index (χ1n) is 8.30. The molecule has 0 heterocycles. The molecule has 1 unspecified atom stereocenters. The standard InChI is InChI=1S/C20H27NO/c1-3-4-16-22-20-13-9-8-12-19(20)17(2)21-15-14-18-10-6-5-7-11-18/h5-13,17,21H,3-4,14-16H2,1-2H3. The van der Waals surface area contributed by atoms with Gasteiger partial charge in [-0.2, -0.15) is 0 Å². The lowest BCUT2D eigenvalue weighted by Crippen LogP contribution is -2.22. The second kappa shape index (κ2) is 9.26. The largest absolute Gasteiger partial charge is 0.493 e. The molecule has 0 amide bonds. The predicted octanol–water partition coefficient (Wildman–Crippen LogP) is 4.76. The highest BCUT2D eigenvalue weighted by molar-refractivity contribution is 5.35. The Kier molecular flexibility index (Phi) is 6.98. The van der Waals surface area contributed by atoms with Gasteiger partial charge in [0.1, 0.15) is 5.75 Å². The molecule has 2 nitrogen and oxygen atoms in total. The van der Waals surface area contributed by atoms with E-state index in [0.717, 1.165) is 38.2 Å². The first-order valence-corrected chi connectivity index (χ1v) is 8.30. The van der Waals surface area contributed by atoms with E-state index in [0.29, 0.717) is 6.04 Å². The van der Waals surface area contributed by atoms with Gasteiger partial charge in [-0.1, -0.05) is 61.9 Å². The lowest BCUT2D eigenvalue weighted by Gasteiger charge is -2.18. The molecule has 2 aromatic rings. The molecule has 2 aromatic carbocycles. The second-order valence-corrected chi connectivity index (χ2v) is 5.65. The molecular weight excluding hydrogens is 270 g/mol. The summed E-state index contributed by atoms with van der Waals surface area (Å²) < 4.78 is 5.92. The van der Waals surface area contributed by atoms with E-state index in [9.17, 15) is 0 Å². The molecule has 0 bridgehead atoms. The molecule has 118 valence electrons. The highest BCUT2D eigenvalue weighted by Gasteiger charge is 2.10. The molecule has 22 heavy (non-hydrogen) atoms. The van der Waals surface area contributed by atoms with Gasteiger partial charge in [0, 0.05) is 11.6 Å². The minimum absolute atomic E-state index is 0.293. The fourth-order valence-electron chi connectivity index (χ4n) is 2.48. The maximum atomic E-state index is 5.92. The van der Waals surface area contributed by atoms with Crippen molar-refractivity contribution < 1.29 is 4.74 Å². The molecule has 0 saturated heterocycles. The molecule has 0 aliphatic heterocycles. The van der Waals surface area contributed by atoms with Crippen LogP contribution in [0.1, 0.15) is 43.9 Å². The van der Waals surface area contributed by atoms with Crippen LogP contribution in [0.3, 0.4) is 0 Å². The molecule has 1 atom stereocenters. The molecular formula is C20H27NO. The maximum Gasteiger partial charge on any atom is 0.124 e. The van der Waals surface area contributed by atoms with Crippen molar-refractivity contribution in [1.29, 1.82) is 0 Å². The van der Waals surface area contributed by atoms with Gasteiger partial charge in [0.15, 0.2) is 0 Å². The fourth-order valence-corrected chi connectivity index (χ4v) is 2.48. The third kappa shape index (κ3) is 5.19. The fraction of sp³-hybridized carbons (Fsp3) is 0.400. The summed E-state index contributed by atoms with van der Waals surface area (Å²) in [5.41, 5.74) is 2.61. The van der Waals surface area contributed by atoms with E-state index in [4.69, 9.17) is 4.74 Å².